The second-order valence-electron chi connectivity index (χ2n) is 12.8. The third kappa shape index (κ3) is 7.00. The van der Waals surface area contributed by atoms with Gasteiger partial charge in [0.25, 0.3) is 11.8 Å². The number of nitrogens with zero attached hydrogens (tertiary/aromatic N) is 4. The van der Waals surface area contributed by atoms with Crippen molar-refractivity contribution < 1.29 is 37.8 Å². The number of piperidine rings is 1. The topological polar surface area (TPSA) is 210 Å². The third-order valence-corrected chi connectivity index (χ3v) is 10.6. The summed E-state index contributed by atoms with van der Waals surface area (Å²) in [6.45, 7) is 2.17. The van der Waals surface area contributed by atoms with Gasteiger partial charge in [-0.15, -0.1) is 11.3 Å². The summed E-state index contributed by atoms with van der Waals surface area (Å²) in [5.74, 6) is -5.05. The number of carbonyl (C=O) groups excluding carboxylic acids is 3. The minimum absolute atomic E-state index is 0.107. The number of hydrogen-bond acceptors (Lipinski definition) is 8. The van der Waals surface area contributed by atoms with Gasteiger partial charge in [-0.05, 0) is 61.0 Å². The second-order valence-corrected chi connectivity index (χ2v) is 13.7. The molecule has 2 fully saturated rings. The molecule has 2 aliphatic carbocycles. The van der Waals surface area contributed by atoms with Crippen LogP contribution in [-0.2, 0) is 20.2 Å². The van der Waals surface area contributed by atoms with Crippen LogP contribution < -0.4 is 16.0 Å². The van der Waals surface area contributed by atoms with Crippen LogP contribution in [0.2, 0.25) is 0 Å². The monoisotopic (exact) mass is 720 g/mol. The molecule has 266 valence electrons. The van der Waals surface area contributed by atoms with E-state index in [1.165, 1.54) is 46.6 Å². The van der Waals surface area contributed by atoms with E-state index in [9.17, 15) is 19.2 Å². The number of rotatable bonds is 13. The first-order valence-corrected chi connectivity index (χ1v) is 17.0. The summed E-state index contributed by atoms with van der Waals surface area (Å²) in [4.78, 5) is 56.5. The average Bonchev–Trinajstić information content (AvgIpc) is 3.38. The molecule has 3 aromatic rings. The number of ether oxygens (including phenoxy) is 1. The number of alkyl halides is 2. The lowest BCUT2D eigenvalue weighted by Crippen LogP contribution is -2.51. The number of carboxylic acid groups (broad SMARTS) is 1. The largest absolute Gasteiger partial charge is 0.465 e. The number of likely N-dealkylation sites (tertiary alicyclic amines) is 1. The van der Waals surface area contributed by atoms with Crippen LogP contribution in [0.5, 0.6) is 0 Å². The van der Waals surface area contributed by atoms with Gasteiger partial charge in [0.05, 0.1) is 19.2 Å². The van der Waals surface area contributed by atoms with E-state index in [1.54, 1.807) is 30.5 Å². The summed E-state index contributed by atoms with van der Waals surface area (Å²) in [5, 5.41) is 29.4. The van der Waals surface area contributed by atoms with Crippen LogP contribution in [0.25, 0.3) is 21.6 Å². The quantitative estimate of drug-likeness (QED) is 0.0403. The lowest BCUT2D eigenvalue weighted by molar-refractivity contribution is -0.139. The van der Waals surface area contributed by atoms with E-state index in [2.05, 4.69) is 20.7 Å². The van der Waals surface area contributed by atoms with Gasteiger partial charge in [-0.3, -0.25) is 25.1 Å². The van der Waals surface area contributed by atoms with Crippen LogP contribution in [-0.4, -0.2) is 78.0 Å². The van der Waals surface area contributed by atoms with Gasteiger partial charge in [-0.1, -0.05) is 35.4 Å². The molecule has 1 aliphatic heterocycles. The molecule has 0 unspecified atom stereocenters. The molecule has 4 amide bonds. The van der Waals surface area contributed by atoms with E-state index in [0.29, 0.717) is 41.9 Å². The van der Waals surface area contributed by atoms with Crippen LogP contribution in [0.3, 0.4) is 0 Å². The molecule has 0 spiro atoms. The van der Waals surface area contributed by atoms with Crippen LogP contribution in [0, 0.1) is 10.8 Å². The zero-order valence-corrected chi connectivity index (χ0v) is 28.1. The summed E-state index contributed by atoms with van der Waals surface area (Å²) >= 11 is 1.24. The Morgan fingerprint density at radius 2 is 1.90 bits per heavy atom. The van der Waals surface area contributed by atoms with E-state index in [4.69, 9.17) is 20.8 Å². The fourth-order valence-corrected chi connectivity index (χ4v) is 7.82. The number of thiophene rings is 1. The Morgan fingerprint density at radius 3 is 2.67 bits per heavy atom. The minimum Gasteiger partial charge on any atom is -0.465 e. The molecule has 17 heteroatoms. The van der Waals surface area contributed by atoms with Gasteiger partial charge in [0.1, 0.15) is 11.9 Å². The van der Waals surface area contributed by atoms with Crippen molar-refractivity contribution in [1.29, 1.82) is 5.41 Å². The molecule has 2 aromatic carbocycles. The highest BCUT2D eigenvalue weighted by Gasteiger charge is 2.67. The molecule has 14 nitrogen and oxygen atoms in total. The van der Waals surface area contributed by atoms with Crippen LogP contribution in [0.1, 0.15) is 64.2 Å². The van der Waals surface area contributed by atoms with Crippen molar-refractivity contribution in [2.45, 2.75) is 50.2 Å². The maximum atomic E-state index is 15.0. The fraction of sp³-hybridized carbons (Fsp3) is 0.382. The Kier molecular flexibility index (Phi) is 9.79. The second kappa shape index (κ2) is 14.1. The SMILES string of the molecule is C[C@@H](NC(=O)[C@@H]1C[C@]2(COCCCN=[N+]=[N-])C[C@@H]2N1C(=O)CNC(=O)c1ccc2c(c1)-c1ccccc1C2(F)F)c1cc(C(=N)NC(=O)O)cs1. The summed E-state index contributed by atoms with van der Waals surface area (Å²) in [6, 6.07) is 9.89. The molecule has 5 N–H and O–H groups in total. The van der Waals surface area contributed by atoms with Gasteiger partial charge in [0, 0.05) is 62.0 Å². The van der Waals surface area contributed by atoms with Gasteiger partial charge in [0.15, 0.2) is 0 Å². The highest BCUT2D eigenvalue weighted by molar-refractivity contribution is 7.10. The van der Waals surface area contributed by atoms with Crippen molar-refractivity contribution in [2.75, 3.05) is 26.3 Å². The van der Waals surface area contributed by atoms with Crippen molar-refractivity contribution in [2.24, 2.45) is 10.5 Å². The van der Waals surface area contributed by atoms with Gasteiger partial charge in [-0.2, -0.15) is 8.78 Å². The molecular weight excluding hydrogens is 686 g/mol. The molecule has 0 bridgehead atoms. The Morgan fingerprint density at radius 1 is 1.14 bits per heavy atom. The molecule has 2 heterocycles. The summed E-state index contributed by atoms with van der Waals surface area (Å²) in [7, 11) is 0. The zero-order chi connectivity index (χ0) is 36.5. The number of halogens is 2. The van der Waals surface area contributed by atoms with Gasteiger partial charge >= 0.3 is 6.09 Å². The molecule has 1 aromatic heterocycles. The van der Waals surface area contributed by atoms with Crippen LogP contribution in [0.4, 0.5) is 13.6 Å². The van der Waals surface area contributed by atoms with Crippen LogP contribution in [0.15, 0.2) is 59.0 Å². The normalized spacial score (nSPS) is 21.0. The van der Waals surface area contributed by atoms with Gasteiger partial charge < -0.3 is 25.4 Å². The first kappa shape index (κ1) is 35.4. The van der Waals surface area contributed by atoms with Gasteiger partial charge in [0.2, 0.25) is 11.8 Å². The Labute approximate surface area is 294 Å². The average molecular weight is 721 g/mol. The number of benzene rings is 2. The molecule has 0 radical (unpaired) electrons. The molecule has 51 heavy (non-hydrogen) atoms. The van der Waals surface area contributed by atoms with Gasteiger partial charge in [-0.25, -0.2) is 4.79 Å². The van der Waals surface area contributed by atoms with Crippen molar-refractivity contribution in [3.63, 3.8) is 0 Å². The zero-order valence-electron chi connectivity index (χ0n) is 27.3. The molecule has 4 atom stereocenters. The minimum atomic E-state index is -3.20. The Bertz CT molecular complexity index is 1970. The van der Waals surface area contributed by atoms with Crippen molar-refractivity contribution in [3.05, 3.63) is 91.5 Å². The van der Waals surface area contributed by atoms with Crippen molar-refractivity contribution in [1.82, 2.24) is 20.9 Å². The molecular formula is C34H34F2N8O6S. The van der Waals surface area contributed by atoms with E-state index < -0.39 is 53.8 Å². The number of fused-ring (bicyclic) bond motifs is 4. The van der Waals surface area contributed by atoms with E-state index >= 15 is 8.78 Å². The highest BCUT2D eigenvalue weighted by atomic mass is 32.1. The summed E-state index contributed by atoms with van der Waals surface area (Å²) in [6.07, 6.45) is 0.0438. The van der Waals surface area contributed by atoms with Crippen molar-refractivity contribution >= 4 is 41.0 Å². The molecule has 6 rings (SSSR count). The summed E-state index contributed by atoms with van der Waals surface area (Å²) in [5.41, 5.74) is 8.70. The summed E-state index contributed by atoms with van der Waals surface area (Å²) < 4.78 is 35.9. The highest BCUT2D eigenvalue weighted by Crippen LogP contribution is 2.59. The number of amidine groups is 1. The standard InChI is InChI=1S/C34H34F2N8O6S/c1-18(26-12-20(16-51-26)29(37)42-32(48)49)41-31(47)25-13-33(17-50-10-4-9-40-43-38)14-27(33)44(25)28(45)15-39-30(46)19-7-8-24-22(11-19)21-5-2-3-6-23(21)34(24,35)36/h2-3,5-8,11-12,16,18,25,27H,4,9-10,13-15,17H2,1H3,(H2,37,42)(H,39,46)(H,41,47)(H,48,49)/t18-,25+,27+,33-/m1/s1. The number of azide groups is 1. The first-order valence-electron chi connectivity index (χ1n) is 16.1. The Balaban J connectivity index is 1.14. The maximum absolute atomic E-state index is 15.0. The number of carbonyl (C=O) groups is 4. The third-order valence-electron chi connectivity index (χ3n) is 9.51. The number of hydrogen-bond donors (Lipinski definition) is 5. The lowest BCUT2D eigenvalue weighted by Gasteiger charge is -2.28. The predicted octanol–water partition coefficient (Wildman–Crippen LogP) is 5.15. The van der Waals surface area contributed by atoms with E-state index in [-0.39, 0.29) is 47.3 Å². The van der Waals surface area contributed by atoms with Crippen LogP contribution >= 0.6 is 11.3 Å². The van der Waals surface area contributed by atoms with E-state index in [0.717, 1.165) is 0 Å². The lowest BCUT2D eigenvalue weighted by atomic mass is 10.00. The Hall–Kier alpha value is -5.38. The van der Waals surface area contributed by atoms with E-state index in [1.807, 2.05) is 5.32 Å². The van der Waals surface area contributed by atoms with Crippen molar-refractivity contribution in [3.8, 4) is 11.1 Å². The molecule has 3 aliphatic rings. The fourth-order valence-electron chi connectivity index (χ4n) is 6.92. The smallest absolute Gasteiger partial charge is 0.410 e. The maximum Gasteiger partial charge on any atom is 0.410 e. The first-order chi connectivity index (χ1) is 24.4. The molecule has 1 saturated heterocycles. The number of amides is 4. The molecule has 1 saturated carbocycles. The number of nitrogens with one attached hydrogen (secondary N) is 4. The predicted molar refractivity (Wildman–Crippen MR) is 182 cm³/mol.